The number of fused-ring (bicyclic) bond motifs is 1. The Morgan fingerprint density at radius 1 is 1.12 bits per heavy atom. The van der Waals surface area contributed by atoms with E-state index in [1.807, 2.05) is 18.2 Å². The quantitative estimate of drug-likeness (QED) is 0.764. The van der Waals surface area contributed by atoms with Crippen LogP contribution in [0.15, 0.2) is 54.6 Å². The van der Waals surface area contributed by atoms with Crippen LogP contribution in [0.1, 0.15) is 35.7 Å². The number of aromatic amines is 1. The van der Waals surface area contributed by atoms with Crippen LogP contribution in [0.3, 0.4) is 0 Å². The molecule has 3 heteroatoms. The Labute approximate surface area is 142 Å². The maximum Gasteiger partial charge on any atom is 0.227 e. The number of hydrogen-bond acceptors (Lipinski definition) is 1. The van der Waals surface area contributed by atoms with Gasteiger partial charge < -0.3 is 9.88 Å². The van der Waals surface area contributed by atoms with Crippen LogP contribution < -0.4 is 0 Å². The number of carbonyl (C=O) groups excluding carboxylic acids is 1. The monoisotopic (exact) mass is 318 g/mol. The second-order valence-electron chi connectivity index (χ2n) is 6.61. The van der Waals surface area contributed by atoms with Crippen molar-refractivity contribution in [2.75, 3.05) is 6.54 Å². The van der Waals surface area contributed by atoms with Crippen molar-refractivity contribution in [1.82, 2.24) is 9.88 Å². The summed E-state index contributed by atoms with van der Waals surface area (Å²) in [6.45, 7) is 2.92. The maximum absolute atomic E-state index is 13.0. The Morgan fingerprint density at radius 3 is 2.71 bits per heavy atom. The lowest BCUT2D eigenvalue weighted by atomic mass is 10.0. The summed E-state index contributed by atoms with van der Waals surface area (Å²) in [6, 6.07) is 18.9. The molecule has 0 bridgehead atoms. The second kappa shape index (κ2) is 6.16. The van der Waals surface area contributed by atoms with E-state index >= 15 is 0 Å². The highest BCUT2D eigenvalue weighted by Gasteiger charge is 2.30. The zero-order valence-electron chi connectivity index (χ0n) is 14.0. The molecule has 1 aliphatic heterocycles. The number of aryl methyl sites for hydroxylation is 1. The second-order valence-corrected chi connectivity index (χ2v) is 6.61. The van der Waals surface area contributed by atoms with Crippen LogP contribution in [0.25, 0.3) is 10.9 Å². The van der Waals surface area contributed by atoms with Gasteiger partial charge in [0.1, 0.15) is 0 Å². The van der Waals surface area contributed by atoms with Gasteiger partial charge in [0, 0.05) is 23.1 Å². The molecule has 0 radical (unpaired) electrons. The summed E-state index contributed by atoms with van der Waals surface area (Å²) in [7, 11) is 0. The highest BCUT2D eigenvalue weighted by Crippen LogP contribution is 2.33. The van der Waals surface area contributed by atoms with Gasteiger partial charge in [-0.1, -0.05) is 48.5 Å². The number of benzene rings is 2. The van der Waals surface area contributed by atoms with Gasteiger partial charge in [0.25, 0.3) is 0 Å². The van der Waals surface area contributed by atoms with Gasteiger partial charge in [-0.15, -0.1) is 0 Å². The molecule has 1 aliphatic rings. The number of nitrogens with one attached hydrogen (secondary N) is 1. The van der Waals surface area contributed by atoms with Crippen LogP contribution in [0, 0.1) is 6.92 Å². The first-order chi connectivity index (χ1) is 11.7. The van der Waals surface area contributed by atoms with Crippen molar-refractivity contribution in [1.29, 1.82) is 0 Å². The minimum atomic E-state index is 0.226. The molecule has 0 spiro atoms. The molecule has 1 amide bonds. The highest BCUT2D eigenvalue weighted by atomic mass is 16.2. The molecular weight excluding hydrogens is 296 g/mol. The van der Waals surface area contributed by atoms with E-state index in [0.717, 1.165) is 36.2 Å². The van der Waals surface area contributed by atoms with Crippen LogP contribution >= 0.6 is 0 Å². The summed E-state index contributed by atoms with van der Waals surface area (Å²) in [5.41, 5.74) is 4.59. The predicted molar refractivity (Wildman–Crippen MR) is 96.9 cm³/mol. The summed E-state index contributed by atoms with van der Waals surface area (Å²) in [4.78, 5) is 18.5. The smallest absolute Gasteiger partial charge is 0.227 e. The van der Waals surface area contributed by atoms with Crippen molar-refractivity contribution in [2.24, 2.45) is 0 Å². The average molecular weight is 318 g/mol. The Balaban J connectivity index is 1.60. The Bertz CT molecular complexity index is 866. The van der Waals surface area contributed by atoms with Crippen molar-refractivity contribution >= 4 is 16.8 Å². The topological polar surface area (TPSA) is 36.1 Å². The third kappa shape index (κ3) is 2.60. The standard InChI is InChI=1S/C21H22N2O/c1-15-18(17-10-5-6-11-19(17)22-15)14-21(24)23-13-7-12-20(23)16-8-3-2-4-9-16/h2-6,8-11,20,22H,7,12-14H2,1H3. The summed E-state index contributed by atoms with van der Waals surface area (Å²) >= 11 is 0. The molecule has 1 aromatic heterocycles. The number of aromatic nitrogens is 1. The lowest BCUT2D eigenvalue weighted by Gasteiger charge is -2.25. The molecule has 1 N–H and O–H groups in total. The molecule has 3 aromatic rings. The minimum Gasteiger partial charge on any atom is -0.358 e. The van der Waals surface area contributed by atoms with Crippen molar-refractivity contribution in [3.8, 4) is 0 Å². The van der Waals surface area contributed by atoms with Gasteiger partial charge in [-0.2, -0.15) is 0 Å². The fourth-order valence-corrected chi connectivity index (χ4v) is 3.90. The first kappa shape index (κ1) is 15.0. The van der Waals surface area contributed by atoms with Gasteiger partial charge >= 0.3 is 0 Å². The molecule has 2 aromatic carbocycles. The number of carbonyl (C=O) groups is 1. The number of amides is 1. The number of para-hydroxylation sites is 1. The SMILES string of the molecule is Cc1[nH]c2ccccc2c1CC(=O)N1CCCC1c1ccccc1. The third-order valence-electron chi connectivity index (χ3n) is 5.11. The highest BCUT2D eigenvalue weighted by molar-refractivity contribution is 5.90. The van der Waals surface area contributed by atoms with Gasteiger partial charge in [0.15, 0.2) is 0 Å². The number of nitrogens with zero attached hydrogens (tertiary/aromatic N) is 1. The molecule has 2 heterocycles. The molecule has 1 saturated heterocycles. The molecule has 24 heavy (non-hydrogen) atoms. The summed E-state index contributed by atoms with van der Waals surface area (Å²) < 4.78 is 0. The normalized spacial score (nSPS) is 17.5. The summed E-state index contributed by atoms with van der Waals surface area (Å²) in [5, 5.41) is 1.17. The Hall–Kier alpha value is -2.55. The van der Waals surface area contributed by atoms with Gasteiger partial charge in [0.2, 0.25) is 5.91 Å². The van der Waals surface area contributed by atoms with Gasteiger partial charge in [-0.25, -0.2) is 0 Å². The Morgan fingerprint density at radius 2 is 1.88 bits per heavy atom. The molecule has 1 unspecified atom stereocenters. The van der Waals surface area contributed by atoms with Crippen LogP contribution in [0.4, 0.5) is 0 Å². The number of rotatable bonds is 3. The van der Waals surface area contributed by atoms with E-state index in [9.17, 15) is 4.79 Å². The molecule has 122 valence electrons. The number of hydrogen-bond donors (Lipinski definition) is 1. The lowest BCUT2D eigenvalue weighted by molar-refractivity contribution is -0.131. The number of likely N-dealkylation sites (tertiary alicyclic amines) is 1. The minimum absolute atomic E-state index is 0.226. The van der Waals surface area contributed by atoms with E-state index in [-0.39, 0.29) is 11.9 Å². The van der Waals surface area contributed by atoms with Crippen LogP contribution in [-0.4, -0.2) is 22.3 Å². The number of H-pyrrole nitrogens is 1. The van der Waals surface area contributed by atoms with E-state index in [1.54, 1.807) is 0 Å². The van der Waals surface area contributed by atoms with Crippen LogP contribution in [0.5, 0.6) is 0 Å². The molecule has 3 nitrogen and oxygen atoms in total. The molecule has 1 fully saturated rings. The van der Waals surface area contributed by atoms with Gasteiger partial charge in [0.05, 0.1) is 12.5 Å². The van der Waals surface area contributed by atoms with E-state index in [0.29, 0.717) is 6.42 Å². The van der Waals surface area contributed by atoms with Gasteiger partial charge in [-0.05, 0) is 37.0 Å². The third-order valence-corrected chi connectivity index (χ3v) is 5.11. The van der Waals surface area contributed by atoms with Crippen molar-refractivity contribution in [2.45, 2.75) is 32.2 Å². The maximum atomic E-state index is 13.0. The average Bonchev–Trinajstić information content (AvgIpc) is 3.21. The zero-order valence-corrected chi connectivity index (χ0v) is 14.0. The first-order valence-corrected chi connectivity index (χ1v) is 8.64. The fourth-order valence-electron chi connectivity index (χ4n) is 3.90. The van der Waals surface area contributed by atoms with E-state index in [4.69, 9.17) is 0 Å². The summed E-state index contributed by atoms with van der Waals surface area (Å²) in [5.74, 6) is 0.231. The van der Waals surface area contributed by atoms with Gasteiger partial charge in [-0.3, -0.25) is 4.79 Å². The molecule has 0 saturated carbocycles. The lowest BCUT2D eigenvalue weighted by Crippen LogP contribution is -2.31. The van der Waals surface area contributed by atoms with Crippen molar-refractivity contribution in [3.63, 3.8) is 0 Å². The molecular formula is C21H22N2O. The van der Waals surface area contributed by atoms with E-state index in [2.05, 4.69) is 53.2 Å². The fraction of sp³-hybridized carbons (Fsp3) is 0.286. The zero-order chi connectivity index (χ0) is 16.5. The molecule has 4 rings (SSSR count). The van der Waals surface area contributed by atoms with E-state index < -0.39 is 0 Å². The first-order valence-electron chi connectivity index (χ1n) is 8.64. The Kier molecular flexibility index (Phi) is 3.85. The molecule has 1 atom stereocenters. The van der Waals surface area contributed by atoms with E-state index in [1.165, 1.54) is 10.9 Å². The largest absolute Gasteiger partial charge is 0.358 e. The van der Waals surface area contributed by atoms with Crippen molar-refractivity contribution < 1.29 is 4.79 Å². The summed E-state index contributed by atoms with van der Waals surface area (Å²) in [6.07, 6.45) is 2.61. The van der Waals surface area contributed by atoms with Crippen LogP contribution in [-0.2, 0) is 11.2 Å². The molecule has 0 aliphatic carbocycles. The van der Waals surface area contributed by atoms with Crippen molar-refractivity contribution in [3.05, 3.63) is 71.4 Å². The van der Waals surface area contributed by atoms with Crippen LogP contribution in [0.2, 0.25) is 0 Å². The predicted octanol–water partition coefficient (Wildman–Crippen LogP) is 4.38.